The second kappa shape index (κ2) is 9.43. The minimum Gasteiger partial charge on any atom is -0.494 e. The summed E-state index contributed by atoms with van der Waals surface area (Å²) >= 11 is 5.19. The van der Waals surface area contributed by atoms with E-state index < -0.39 is 16.7 Å². The number of methoxy groups -OCH3 is 2. The maximum atomic E-state index is 13.2. The van der Waals surface area contributed by atoms with Crippen LogP contribution in [-0.4, -0.2) is 42.7 Å². The van der Waals surface area contributed by atoms with Gasteiger partial charge in [-0.1, -0.05) is 6.07 Å². The Morgan fingerprint density at radius 2 is 1.84 bits per heavy atom. The molecule has 0 atom stereocenters. The van der Waals surface area contributed by atoms with E-state index in [4.69, 9.17) is 26.4 Å². The lowest BCUT2D eigenvalue weighted by molar-refractivity contribution is -0.385. The molecule has 1 aliphatic heterocycles. The molecule has 2 aromatic rings. The number of nitro groups is 1. The number of benzene rings is 2. The van der Waals surface area contributed by atoms with E-state index in [1.54, 1.807) is 24.3 Å². The fraction of sp³-hybridized carbons (Fsp3) is 0.190. The molecule has 0 aliphatic carbocycles. The number of hydrogen-bond acceptors (Lipinski definition) is 8. The van der Waals surface area contributed by atoms with Crippen molar-refractivity contribution >= 4 is 46.6 Å². The normalized spacial score (nSPS) is 14.9. The molecule has 2 amide bonds. The van der Waals surface area contributed by atoms with E-state index in [2.05, 4.69) is 5.32 Å². The highest BCUT2D eigenvalue weighted by molar-refractivity contribution is 7.80. The number of anilines is 1. The number of nitrogens with zero attached hydrogens (tertiary/aromatic N) is 2. The third kappa shape index (κ3) is 4.37. The van der Waals surface area contributed by atoms with E-state index in [1.807, 2.05) is 6.92 Å². The summed E-state index contributed by atoms with van der Waals surface area (Å²) in [6, 6.07) is 9.09. The minimum absolute atomic E-state index is 0.0121. The topological polar surface area (TPSA) is 120 Å². The first-order valence-electron chi connectivity index (χ1n) is 9.35. The zero-order valence-corrected chi connectivity index (χ0v) is 18.2. The predicted octanol–water partition coefficient (Wildman–Crippen LogP) is 2.84. The van der Waals surface area contributed by atoms with Crippen LogP contribution in [0.5, 0.6) is 17.2 Å². The Labute approximate surface area is 188 Å². The second-order valence-electron chi connectivity index (χ2n) is 6.41. The zero-order chi connectivity index (χ0) is 23.4. The number of nitro benzene ring substituents is 1. The minimum atomic E-state index is -0.777. The summed E-state index contributed by atoms with van der Waals surface area (Å²) in [5.41, 5.74) is -0.342. The van der Waals surface area contributed by atoms with Gasteiger partial charge in [-0.15, -0.1) is 0 Å². The molecule has 2 aromatic carbocycles. The third-order valence-corrected chi connectivity index (χ3v) is 4.80. The molecular weight excluding hydrogens is 438 g/mol. The average molecular weight is 457 g/mol. The van der Waals surface area contributed by atoms with Crippen LogP contribution in [0.25, 0.3) is 6.08 Å². The van der Waals surface area contributed by atoms with Gasteiger partial charge in [0.15, 0.2) is 16.6 Å². The van der Waals surface area contributed by atoms with Gasteiger partial charge < -0.3 is 14.2 Å². The van der Waals surface area contributed by atoms with Crippen LogP contribution < -0.4 is 24.4 Å². The molecule has 32 heavy (non-hydrogen) atoms. The van der Waals surface area contributed by atoms with Crippen LogP contribution in [0.3, 0.4) is 0 Å². The number of hydrogen-bond donors (Lipinski definition) is 1. The zero-order valence-electron chi connectivity index (χ0n) is 17.4. The fourth-order valence-corrected chi connectivity index (χ4v) is 3.37. The van der Waals surface area contributed by atoms with Gasteiger partial charge in [0.1, 0.15) is 11.3 Å². The smallest absolute Gasteiger partial charge is 0.280 e. The Hall–Kier alpha value is -3.99. The lowest BCUT2D eigenvalue weighted by atomic mass is 10.0. The van der Waals surface area contributed by atoms with E-state index in [0.29, 0.717) is 18.0 Å². The number of thiocarbonyl (C=S) groups is 1. The first-order chi connectivity index (χ1) is 15.3. The summed E-state index contributed by atoms with van der Waals surface area (Å²) in [5.74, 6) is -0.668. The number of ether oxygens (including phenoxy) is 3. The van der Waals surface area contributed by atoms with Gasteiger partial charge in [-0.05, 0) is 43.4 Å². The summed E-state index contributed by atoms with van der Waals surface area (Å²) < 4.78 is 15.7. The molecule has 1 aliphatic rings. The Morgan fingerprint density at radius 3 is 2.47 bits per heavy atom. The van der Waals surface area contributed by atoms with Crippen molar-refractivity contribution in [3.8, 4) is 17.2 Å². The van der Waals surface area contributed by atoms with Crippen LogP contribution in [-0.2, 0) is 9.59 Å². The third-order valence-electron chi connectivity index (χ3n) is 4.52. The molecule has 0 radical (unpaired) electrons. The molecule has 1 saturated heterocycles. The van der Waals surface area contributed by atoms with Crippen molar-refractivity contribution in [2.75, 3.05) is 25.7 Å². The number of carbonyl (C=O) groups is 2. The molecule has 11 heteroatoms. The highest BCUT2D eigenvalue weighted by atomic mass is 32.1. The average Bonchev–Trinajstić information content (AvgIpc) is 2.76. The van der Waals surface area contributed by atoms with Crippen molar-refractivity contribution in [2.24, 2.45) is 0 Å². The van der Waals surface area contributed by atoms with Crippen LogP contribution in [0.4, 0.5) is 11.4 Å². The van der Waals surface area contributed by atoms with E-state index >= 15 is 0 Å². The maximum Gasteiger partial charge on any atom is 0.280 e. The molecule has 0 spiro atoms. The summed E-state index contributed by atoms with van der Waals surface area (Å²) in [5, 5.41) is 13.9. The molecule has 1 N–H and O–H groups in total. The van der Waals surface area contributed by atoms with E-state index in [9.17, 15) is 19.7 Å². The highest BCUT2D eigenvalue weighted by Gasteiger charge is 2.35. The molecule has 166 valence electrons. The summed E-state index contributed by atoms with van der Waals surface area (Å²) in [6.45, 7) is 2.24. The highest BCUT2D eigenvalue weighted by Crippen LogP contribution is 2.36. The molecule has 3 rings (SSSR count). The molecule has 0 aromatic heterocycles. The van der Waals surface area contributed by atoms with Gasteiger partial charge >= 0.3 is 0 Å². The molecule has 0 saturated carbocycles. The fourth-order valence-electron chi connectivity index (χ4n) is 3.08. The maximum absolute atomic E-state index is 13.2. The van der Waals surface area contributed by atoms with Crippen molar-refractivity contribution < 1.29 is 28.7 Å². The quantitative estimate of drug-likeness (QED) is 0.222. The van der Waals surface area contributed by atoms with Crippen LogP contribution in [0.1, 0.15) is 12.5 Å². The van der Waals surface area contributed by atoms with Gasteiger partial charge in [-0.2, -0.15) is 0 Å². The van der Waals surface area contributed by atoms with E-state index in [0.717, 1.165) is 17.0 Å². The van der Waals surface area contributed by atoms with Crippen molar-refractivity contribution in [3.05, 3.63) is 57.6 Å². The molecule has 1 heterocycles. The molecular formula is C21H19N3O7S. The van der Waals surface area contributed by atoms with Gasteiger partial charge in [0, 0.05) is 6.07 Å². The predicted molar refractivity (Wildman–Crippen MR) is 120 cm³/mol. The van der Waals surface area contributed by atoms with Crippen LogP contribution in [0, 0.1) is 10.1 Å². The Bertz CT molecular complexity index is 1150. The number of amides is 2. The van der Waals surface area contributed by atoms with Gasteiger partial charge in [-0.3, -0.25) is 29.9 Å². The van der Waals surface area contributed by atoms with Crippen molar-refractivity contribution in [2.45, 2.75) is 6.92 Å². The van der Waals surface area contributed by atoms with Gasteiger partial charge in [0.2, 0.25) is 0 Å². The molecule has 10 nitrogen and oxygen atoms in total. The Balaban J connectivity index is 2.10. The number of carbonyl (C=O) groups excluding carboxylic acids is 2. The molecule has 0 unspecified atom stereocenters. The standard InChI is InChI=1S/C21H19N3O7S/c1-4-31-14-7-5-6-13(10-14)23-20(26)15(19(25)22-21(23)32)8-12-9-17(29-2)18(30-3)11-16(12)24(27)28/h5-11H,4H2,1-3H3,(H,22,25,32)/b15-8+. The van der Waals surface area contributed by atoms with Gasteiger partial charge in [0.25, 0.3) is 17.5 Å². The molecule has 0 bridgehead atoms. The van der Waals surface area contributed by atoms with Crippen molar-refractivity contribution in [3.63, 3.8) is 0 Å². The summed E-state index contributed by atoms with van der Waals surface area (Å²) in [6.07, 6.45) is 1.12. The largest absolute Gasteiger partial charge is 0.494 e. The number of rotatable bonds is 7. The summed E-state index contributed by atoms with van der Waals surface area (Å²) in [7, 11) is 2.71. The van der Waals surface area contributed by atoms with Gasteiger partial charge in [0.05, 0.1) is 43.1 Å². The lowest BCUT2D eigenvalue weighted by Gasteiger charge is -2.29. The van der Waals surface area contributed by atoms with E-state index in [1.165, 1.54) is 20.3 Å². The first-order valence-corrected chi connectivity index (χ1v) is 9.76. The van der Waals surface area contributed by atoms with Gasteiger partial charge in [-0.25, -0.2) is 0 Å². The summed E-state index contributed by atoms with van der Waals surface area (Å²) in [4.78, 5) is 37.8. The van der Waals surface area contributed by atoms with Crippen LogP contribution in [0.15, 0.2) is 42.0 Å². The van der Waals surface area contributed by atoms with Crippen molar-refractivity contribution in [1.82, 2.24) is 5.32 Å². The molecule has 1 fully saturated rings. The van der Waals surface area contributed by atoms with Crippen LogP contribution in [0.2, 0.25) is 0 Å². The first kappa shape index (κ1) is 22.7. The van der Waals surface area contributed by atoms with Crippen molar-refractivity contribution in [1.29, 1.82) is 0 Å². The Morgan fingerprint density at radius 1 is 1.16 bits per heavy atom. The SMILES string of the molecule is CCOc1cccc(N2C(=O)/C(=C/c3cc(OC)c(OC)cc3[N+](=O)[O-])C(=O)NC2=S)c1. The van der Waals surface area contributed by atoms with Crippen LogP contribution >= 0.6 is 12.2 Å². The lowest BCUT2D eigenvalue weighted by Crippen LogP contribution is -2.54. The number of nitrogens with one attached hydrogen (secondary N) is 1. The second-order valence-corrected chi connectivity index (χ2v) is 6.80. The Kier molecular flexibility index (Phi) is 6.69. The monoisotopic (exact) mass is 457 g/mol. The van der Waals surface area contributed by atoms with E-state index in [-0.39, 0.29) is 33.4 Å².